The van der Waals surface area contributed by atoms with Crippen LogP contribution < -0.4 is 0 Å². The molecule has 0 radical (unpaired) electrons. The van der Waals surface area contributed by atoms with Gasteiger partial charge in [0.05, 0.1) is 11.5 Å². The fourth-order valence-electron chi connectivity index (χ4n) is 0.537. The zero-order chi connectivity index (χ0) is 11.4. The topological polar surface area (TPSA) is 138 Å². The summed E-state index contributed by atoms with van der Waals surface area (Å²) in [7, 11) is -8.54. The molecule has 0 saturated heterocycles. The molecule has 0 aromatic carbocycles. The lowest BCUT2D eigenvalue weighted by Crippen LogP contribution is -2.15. The minimum atomic E-state index is -4.29. The molecule has 0 spiro atoms. The van der Waals surface area contributed by atoms with Crippen molar-refractivity contribution in [1.82, 2.24) is 0 Å². The summed E-state index contributed by atoms with van der Waals surface area (Å²) in [5.41, 5.74) is 0. The van der Waals surface area contributed by atoms with E-state index in [1.165, 1.54) is 0 Å². The zero-order valence-corrected chi connectivity index (χ0v) is 9.10. The Morgan fingerprint density at radius 3 is 2.07 bits per heavy atom. The van der Waals surface area contributed by atoms with Crippen LogP contribution >= 0.6 is 0 Å². The van der Waals surface area contributed by atoms with Gasteiger partial charge >= 0.3 is 0 Å². The van der Waals surface area contributed by atoms with Crippen LogP contribution in [0.1, 0.15) is 6.42 Å². The fraction of sp³-hybridized carbons (Fsp3) is 1.00. The first-order valence-electron chi connectivity index (χ1n) is 3.09. The molecule has 0 amide bonds. The second-order valence-electron chi connectivity index (χ2n) is 2.17. The first-order valence-corrected chi connectivity index (χ1v) is 7.28. The van der Waals surface area contributed by atoms with E-state index in [1.54, 1.807) is 0 Å². The van der Waals surface area contributed by atoms with Gasteiger partial charge in [0, 0.05) is 0 Å². The van der Waals surface area contributed by atoms with Gasteiger partial charge in [0.2, 0.25) is 0 Å². The Hall–Kier alpha value is -0.0700. The van der Waals surface area contributed by atoms with Crippen molar-refractivity contribution < 1.29 is 33.8 Å². The molecule has 0 saturated carbocycles. The molecule has 1 unspecified atom stereocenters. The van der Waals surface area contributed by atoms with E-state index in [4.69, 9.17) is 4.55 Å². The van der Waals surface area contributed by atoms with Crippen molar-refractivity contribution in [2.45, 2.75) is 6.42 Å². The minimum Gasteiger partial charge on any atom is -0.749 e. The summed E-state index contributed by atoms with van der Waals surface area (Å²) in [6.07, 6.45) is -0.446. The molecule has 0 aliphatic carbocycles. The lowest BCUT2D eigenvalue weighted by atomic mass is 10.6. The van der Waals surface area contributed by atoms with Crippen molar-refractivity contribution in [3.05, 3.63) is 0 Å². The second kappa shape index (κ2) is 5.14. The van der Waals surface area contributed by atoms with Gasteiger partial charge in [-0.2, -0.15) is 20.5 Å². The summed E-state index contributed by atoms with van der Waals surface area (Å²) >= 11 is -3.21. The largest absolute Gasteiger partial charge is 0.749 e. The average Bonchev–Trinajstić information content (AvgIpc) is 1.78. The molecule has 0 heterocycles. The van der Waals surface area contributed by atoms with E-state index in [9.17, 15) is 25.6 Å². The molecular formula is C3H7O8S3-. The van der Waals surface area contributed by atoms with Gasteiger partial charge in [0.1, 0.15) is 11.4 Å². The highest BCUT2D eigenvalue weighted by atomic mass is 32.3. The lowest BCUT2D eigenvalue weighted by molar-refractivity contribution is 0.429. The Labute approximate surface area is 83.6 Å². The maximum Gasteiger partial charge on any atom is 0.279 e. The lowest BCUT2D eigenvalue weighted by Gasteiger charge is -2.05. The van der Waals surface area contributed by atoms with Gasteiger partial charge in [0.15, 0.2) is 0 Å². The third-order valence-corrected chi connectivity index (χ3v) is 3.82. The summed E-state index contributed by atoms with van der Waals surface area (Å²) in [5.74, 6) is -1.58. The predicted molar refractivity (Wildman–Crippen MR) is 44.8 cm³/mol. The Morgan fingerprint density at radius 1 is 1.21 bits per heavy atom. The monoisotopic (exact) mass is 267 g/mol. The molecule has 0 aromatic heterocycles. The number of hydrogen-bond acceptors (Lipinski definition) is 7. The second-order valence-corrected chi connectivity index (χ2v) is 6.22. The summed E-state index contributed by atoms with van der Waals surface area (Å²) in [6, 6.07) is 0. The third-order valence-electron chi connectivity index (χ3n) is 0.956. The van der Waals surface area contributed by atoms with Crippen LogP contribution in [0, 0.1) is 0 Å². The minimum absolute atomic E-state index is 0.446. The Bertz CT molecular complexity index is 390. The van der Waals surface area contributed by atoms with E-state index >= 15 is 0 Å². The first kappa shape index (κ1) is 13.9. The molecular weight excluding hydrogens is 260 g/mol. The smallest absolute Gasteiger partial charge is 0.279 e. The molecule has 0 rings (SSSR count). The molecule has 8 nitrogen and oxygen atoms in total. The molecule has 0 aliphatic heterocycles. The van der Waals surface area contributed by atoms with Crippen LogP contribution in [0.3, 0.4) is 0 Å². The van der Waals surface area contributed by atoms with Crippen LogP contribution in [0.5, 0.6) is 0 Å². The van der Waals surface area contributed by atoms with Crippen LogP contribution in [0.15, 0.2) is 0 Å². The van der Waals surface area contributed by atoms with Gasteiger partial charge in [0.25, 0.3) is 20.2 Å². The van der Waals surface area contributed by atoms with E-state index in [1.807, 2.05) is 0 Å². The number of hydrogen-bond donors (Lipinski definition) is 1. The zero-order valence-electron chi connectivity index (χ0n) is 6.65. The fourth-order valence-corrected chi connectivity index (χ4v) is 2.68. The van der Waals surface area contributed by atoms with Crippen molar-refractivity contribution in [2.24, 2.45) is 0 Å². The van der Waals surface area contributed by atoms with Gasteiger partial charge in [-0.15, -0.1) is 0 Å². The summed E-state index contributed by atoms with van der Waals surface area (Å²) in [6.45, 7) is 0. The molecule has 0 aliphatic rings. The van der Waals surface area contributed by atoms with Gasteiger partial charge in [-0.05, 0) is 6.42 Å². The van der Waals surface area contributed by atoms with Crippen LogP contribution in [-0.4, -0.2) is 41.7 Å². The van der Waals surface area contributed by atoms with E-state index in [0.29, 0.717) is 0 Å². The van der Waals surface area contributed by atoms with Crippen LogP contribution in [-0.2, 0) is 35.2 Å². The predicted octanol–water partition coefficient (Wildman–Crippen LogP) is -1.60. The van der Waals surface area contributed by atoms with Crippen molar-refractivity contribution in [2.75, 3.05) is 11.5 Å². The quantitative estimate of drug-likeness (QED) is 0.448. The van der Waals surface area contributed by atoms with Gasteiger partial charge in [-0.25, -0.2) is 4.21 Å². The molecule has 1 atom stereocenters. The standard InChI is InChI=1S/C3H8O8S3/c4-12(5)11-14(9,10)3-1-2-13(6,7)8/h1-3H2,(H,4,5)(H,6,7,8)/p-1. The molecule has 0 bridgehead atoms. The average molecular weight is 267 g/mol. The highest BCUT2D eigenvalue weighted by molar-refractivity contribution is 7.95. The Morgan fingerprint density at radius 2 is 1.71 bits per heavy atom. The van der Waals surface area contributed by atoms with Crippen molar-refractivity contribution in [1.29, 1.82) is 0 Å². The normalized spacial score (nSPS) is 15.3. The van der Waals surface area contributed by atoms with Crippen molar-refractivity contribution in [3.63, 3.8) is 0 Å². The number of rotatable bonds is 6. The molecule has 1 N–H and O–H groups in total. The summed E-state index contributed by atoms with van der Waals surface area (Å²) < 4.78 is 72.8. The van der Waals surface area contributed by atoms with E-state index in [0.717, 1.165) is 0 Å². The van der Waals surface area contributed by atoms with E-state index in [-0.39, 0.29) is 0 Å². The van der Waals surface area contributed by atoms with Gasteiger partial charge < -0.3 is 4.55 Å². The maximum absolute atomic E-state index is 10.6. The Balaban J connectivity index is 4.08. The van der Waals surface area contributed by atoms with Crippen molar-refractivity contribution in [3.8, 4) is 0 Å². The molecule has 11 heteroatoms. The Kier molecular flexibility index (Phi) is 5.11. The van der Waals surface area contributed by atoms with Crippen LogP contribution in [0.4, 0.5) is 0 Å². The van der Waals surface area contributed by atoms with Gasteiger partial charge in [-0.3, -0.25) is 4.55 Å². The van der Waals surface area contributed by atoms with Crippen LogP contribution in [0.25, 0.3) is 0 Å². The molecule has 86 valence electrons. The van der Waals surface area contributed by atoms with E-state index in [2.05, 4.69) is 3.63 Å². The highest BCUT2D eigenvalue weighted by Crippen LogP contribution is 1.99. The first-order chi connectivity index (χ1) is 6.12. The SMILES string of the molecule is O=S([O-])OS(=O)(=O)CCCS(=O)(=O)O. The maximum atomic E-state index is 10.6. The van der Waals surface area contributed by atoms with E-state index < -0.39 is 49.5 Å². The molecule has 0 fully saturated rings. The van der Waals surface area contributed by atoms with Gasteiger partial charge in [-0.1, -0.05) is 0 Å². The summed E-state index contributed by atoms with van der Waals surface area (Å²) in [4.78, 5) is 0. The van der Waals surface area contributed by atoms with Crippen molar-refractivity contribution >= 4 is 31.6 Å². The highest BCUT2D eigenvalue weighted by Gasteiger charge is 2.14. The molecule has 0 aromatic rings. The molecule has 14 heavy (non-hydrogen) atoms. The third kappa shape index (κ3) is 8.52. The summed E-state index contributed by atoms with van der Waals surface area (Å²) in [5, 5.41) is 0. The van der Waals surface area contributed by atoms with Crippen LogP contribution in [0.2, 0.25) is 0 Å².